The third-order valence-electron chi connectivity index (χ3n) is 3.43. The molecule has 1 unspecified atom stereocenters. The Kier molecular flexibility index (Phi) is 3.76. The maximum absolute atomic E-state index is 11.3. The molecule has 6 heteroatoms. The highest BCUT2D eigenvalue weighted by molar-refractivity contribution is 6.33. The molecular formula is C15H13Cl2N3O. The monoisotopic (exact) mass is 321 g/mol. The van der Waals surface area contributed by atoms with Gasteiger partial charge in [-0.2, -0.15) is 0 Å². The van der Waals surface area contributed by atoms with E-state index in [0.717, 1.165) is 22.2 Å². The van der Waals surface area contributed by atoms with Crippen LogP contribution in [0.2, 0.25) is 10.0 Å². The Morgan fingerprint density at radius 3 is 2.57 bits per heavy atom. The van der Waals surface area contributed by atoms with E-state index in [4.69, 9.17) is 23.2 Å². The van der Waals surface area contributed by atoms with Gasteiger partial charge in [-0.1, -0.05) is 29.3 Å². The van der Waals surface area contributed by atoms with Crippen molar-refractivity contribution in [1.29, 1.82) is 0 Å². The van der Waals surface area contributed by atoms with Crippen LogP contribution in [0.15, 0.2) is 41.2 Å². The Morgan fingerprint density at radius 2 is 1.81 bits per heavy atom. The summed E-state index contributed by atoms with van der Waals surface area (Å²) in [7, 11) is 1.85. The minimum Gasteiger partial charge on any atom is -0.309 e. The van der Waals surface area contributed by atoms with Crippen LogP contribution in [0.5, 0.6) is 0 Å². The molecule has 3 aromatic rings. The van der Waals surface area contributed by atoms with Crippen LogP contribution in [0.4, 0.5) is 0 Å². The molecule has 0 bridgehead atoms. The minimum absolute atomic E-state index is 0.112. The average molecular weight is 322 g/mol. The second kappa shape index (κ2) is 5.56. The predicted octanol–water partition coefficient (Wildman–Crippen LogP) is 3.47. The van der Waals surface area contributed by atoms with E-state index >= 15 is 0 Å². The Morgan fingerprint density at radius 1 is 1.05 bits per heavy atom. The Balaban J connectivity index is 2.12. The van der Waals surface area contributed by atoms with E-state index in [1.807, 2.05) is 31.3 Å². The first-order chi connectivity index (χ1) is 10.1. The van der Waals surface area contributed by atoms with Crippen molar-refractivity contribution in [3.8, 4) is 0 Å². The maximum atomic E-state index is 11.3. The number of halogens is 2. The Bertz CT molecular complexity index is 853. The molecule has 0 amide bonds. The summed E-state index contributed by atoms with van der Waals surface area (Å²) in [5.41, 5.74) is 3.20. The summed E-state index contributed by atoms with van der Waals surface area (Å²) in [6.07, 6.45) is 0. The normalized spacial score (nSPS) is 12.7. The van der Waals surface area contributed by atoms with Crippen molar-refractivity contribution in [3.05, 3.63) is 68.1 Å². The van der Waals surface area contributed by atoms with Crippen LogP contribution in [0, 0.1) is 0 Å². The number of rotatable bonds is 3. The molecule has 0 aliphatic rings. The number of fused-ring (bicyclic) bond motifs is 1. The fraction of sp³-hybridized carbons (Fsp3) is 0.133. The lowest BCUT2D eigenvalue weighted by Crippen LogP contribution is -2.18. The van der Waals surface area contributed by atoms with Crippen molar-refractivity contribution in [2.24, 2.45) is 0 Å². The number of aromatic nitrogens is 2. The number of H-pyrrole nitrogens is 2. The number of nitrogens with one attached hydrogen (secondary N) is 3. The van der Waals surface area contributed by atoms with Crippen LogP contribution in [0.3, 0.4) is 0 Å². The first kappa shape index (κ1) is 14.2. The van der Waals surface area contributed by atoms with Gasteiger partial charge < -0.3 is 15.3 Å². The molecule has 1 atom stereocenters. The molecule has 21 heavy (non-hydrogen) atoms. The van der Waals surface area contributed by atoms with E-state index in [1.54, 1.807) is 12.1 Å². The second-order valence-electron chi connectivity index (χ2n) is 4.77. The summed E-state index contributed by atoms with van der Waals surface area (Å²) < 4.78 is 0. The summed E-state index contributed by atoms with van der Waals surface area (Å²) in [5, 5.41) is 4.50. The molecule has 0 saturated carbocycles. The van der Waals surface area contributed by atoms with E-state index in [-0.39, 0.29) is 11.7 Å². The van der Waals surface area contributed by atoms with Crippen molar-refractivity contribution in [3.63, 3.8) is 0 Å². The molecule has 1 heterocycles. The predicted molar refractivity (Wildman–Crippen MR) is 86.3 cm³/mol. The van der Waals surface area contributed by atoms with Crippen LogP contribution < -0.4 is 11.0 Å². The lowest BCUT2D eigenvalue weighted by atomic mass is 9.98. The molecule has 0 aliphatic carbocycles. The molecule has 4 nitrogen and oxygen atoms in total. The zero-order chi connectivity index (χ0) is 15.0. The van der Waals surface area contributed by atoms with Gasteiger partial charge in [-0.15, -0.1) is 0 Å². The van der Waals surface area contributed by atoms with Crippen LogP contribution in [0.25, 0.3) is 11.0 Å². The highest BCUT2D eigenvalue weighted by Crippen LogP contribution is 2.31. The van der Waals surface area contributed by atoms with Gasteiger partial charge in [0.05, 0.1) is 17.1 Å². The molecule has 108 valence electrons. The molecule has 0 radical (unpaired) electrons. The summed E-state index contributed by atoms with van der Waals surface area (Å²) in [6, 6.07) is 11.0. The van der Waals surface area contributed by atoms with Crippen LogP contribution >= 0.6 is 23.2 Å². The SMILES string of the molecule is CNC(c1ccc2[nH]c(=O)[nH]c2c1)c1cc(Cl)ccc1Cl. The fourth-order valence-corrected chi connectivity index (χ4v) is 2.87. The summed E-state index contributed by atoms with van der Waals surface area (Å²) >= 11 is 12.3. The van der Waals surface area contributed by atoms with Crippen molar-refractivity contribution < 1.29 is 0 Å². The maximum Gasteiger partial charge on any atom is 0.323 e. The van der Waals surface area contributed by atoms with Gasteiger partial charge in [-0.25, -0.2) is 4.79 Å². The Hall–Kier alpha value is -1.75. The topological polar surface area (TPSA) is 60.7 Å². The molecule has 3 N–H and O–H groups in total. The van der Waals surface area contributed by atoms with Gasteiger partial charge in [0.15, 0.2) is 0 Å². The van der Waals surface area contributed by atoms with Gasteiger partial charge in [0, 0.05) is 10.0 Å². The molecule has 1 aromatic heterocycles. The van der Waals surface area contributed by atoms with E-state index in [2.05, 4.69) is 15.3 Å². The molecule has 2 aromatic carbocycles. The first-order valence-corrected chi connectivity index (χ1v) is 7.18. The van der Waals surface area contributed by atoms with E-state index in [1.165, 1.54) is 0 Å². The number of benzene rings is 2. The van der Waals surface area contributed by atoms with Crippen molar-refractivity contribution >= 4 is 34.2 Å². The number of aromatic amines is 2. The van der Waals surface area contributed by atoms with E-state index < -0.39 is 0 Å². The molecule has 0 fully saturated rings. The van der Waals surface area contributed by atoms with Crippen molar-refractivity contribution in [2.75, 3.05) is 7.05 Å². The zero-order valence-electron chi connectivity index (χ0n) is 11.2. The number of hydrogen-bond donors (Lipinski definition) is 3. The second-order valence-corrected chi connectivity index (χ2v) is 5.62. The number of hydrogen-bond acceptors (Lipinski definition) is 2. The standard InChI is InChI=1S/C15H13Cl2N3O/c1-18-14(10-7-9(16)3-4-11(10)17)8-2-5-12-13(6-8)20-15(21)19-12/h2-7,14,18H,1H3,(H2,19,20,21). The van der Waals surface area contributed by atoms with Crippen LogP contribution in [0.1, 0.15) is 17.2 Å². The van der Waals surface area contributed by atoms with E-state index in [9.17, 15) is 4.79 Å². The van der Waals surface area contributed by atoms with Crippen molar-refractivity contribution in [1.82, 2.24) is 15.3 Å². The lowest BCUT2D eigenvalue weighted by Gasteiger charge is -2.19. The minimum atomic E-state index is -0.219. The smallest absolute Gasteiger partial charge is 0.309 e. The summed E-state index contributed by atoms with van der Waals surface area (Å²) in [6.45, 7) is 0. The van der Waals surface area contributed by atoms with Gasteiger partial charge in [0.2, 0.25) is 0 Å². The highest BCUT2D eigenvalue weighted by Gasteiger charge is 2.16. The highest BCUT2D eigenvalue weighted by atomic mass is 35.5. The average Bonchev–Trinajstić information content (AvgIpc) is 2.83. The molecule has 0 spiro atoms. The summed E-state index contributed by atoms with van der Waals surface area (Å²) in [4.78, 5) is 16.8. The lowest BCUT2D eigenvalue weighted by molar-refractivity contribution is 0.693. The molecule has 3 rings (SSSR count). The zero-order valence-corrected chi connectivity index (χ0v) is 12.7. The van der Waals surface area contributed by atoms with Gasteiger partial charge in [0.25, 0.3) is 0 Å². The van der Waals surface area contributed by atoms with Crippen LogP contribution in [-0.2, 0) is 0 Å². The van der Waals surface area contributed by atoms with Gasteiger partial charge in [-0.3, -0.25) is 0 Å². The van der Waals surface area contributed by atoms with Gasteiger partial charge >= 0.3 is 5.69 Å². The number of imidazole rings is 1. The molecule has 0 aliphatic heterocycles. The first-order valence-electron chi connectivity index (χ1n) is 6.42. The largest absolute Gasteiger partial charge is 0.323 e. The molecule has 0 saturated heterocycles. The van der Waals surface area contributed by atoms with Crippen molar-refractivity contribution in [2.45, 2.75) is 6.04 Å². The fourth-order valence-electron chi connectivity index (χ4n) is 2.47. The Labute approximate surface area is 131 Å². The van der Waals surface area contributed by atoms with Crippen LogP contribution in [-0.4, -0.2) is 17.0 Å². The van der Waals surface area contributed by atoms with E-state index in [0.29, 0.717) is 10.0 Å². The third-order valence-corrected chi connectivity index (χ3v) is 4.01. The third kappa shape index (κ3) is 2.70. The summed E-state index contributed by atoms with van der Waals surface area (Å²) in [5.74, 6) is 0. The molecular weight excluding hydrogens is 309 g/mol. The van der Waals surface area contributed by atoms with Gasteiger partial charge in [0.1, 0.15) is 0 Å². The van der Waals surface area contributed by atoms with Gasteiger partial charge in [-0.05, 0) is 48.5 Å². The quantitative estimate of drug-likeness (QED) is 0.691.